The number of unbranched alkanes of at least 4 members (excludes halogenated alkanes) is 5. The Bertz CT molecular complexity index is 449. The van der Waals surface area contributed by atoms with E-state index in [2.05, 4.69) is 12.2 Å². The third-order valence-corrected chi connectivity index (χ3v) is 3.22. The van der Waals surface area contributed by atoms with Crippen LogP contribution in [0.25, 0.3) is 0 Å². The molecule has 0 unspecified atom stereocenters. The molecule has 4 nitrogen and oxygen atoms in total. The Morgan fingerprint density at radius 1 is 1.00 bits per heavy atom. The van der Waals surface area contributed by atoms with Gasteiger partial charge in [-0.3, -0.25) is 4.79 Å². The number of hydrogen-bond acceptors (Lipinski definition) is 2. The number of carbonyl (C=O) groups excluding carboxylic acids is 1. The van der Waals surface area contributed by atoms with Crippen molar-refractivity contribution in [3.05, 3.63) is 35.4 Å². The molecule has 0 aliphatic heterocycles. The van der Waals surface area contributed by atoms with Gasteiger partial charge in [0.25, 0.3) is 5.91 Å². The van der Waals surface area contributed by atoms with Crippen molar-refractivity contribution in [2.45, 2.75) is 45.4 Å². The molecule has 1 aromatic carbocycles. The molecular formula is C16H23NNaO3. The Kier molecular flexibility index (Phi) is 11.3. The van der Waals surface area contributed by atoms with Gasteiger partial charge in [0.15, 0.2) is 0 Å². The smallest absolute Gasteiger partial charge is 0.336 e. The fourth-order valence-corrected chi connectivity index (χ4v) is 2.07. The molecule has 0 bridgehead atoms. The number of benzene rings is 1. The summed E-state index contributed by atoms with van der Waals surface area (Å²) in [6.07, 6.45) is 6.95. The summed E-state index contributed by atoms with van der Waals surface area (Å²) in [7, 11) is 0. The molecule has 0 fully saturated rings. The Labute approximate surface area is 148 Å². The number of carboxylic acids is 1. The molecule has 2 N–H and O–H groups in total. The van der Waals surface area contributed by atoms with E-state index in [1.54, 1.807) is 18.2 Å². The molecule has 1 amide bonds. The van der Waals surface area contributed by atoms with Crippen molar-refractivity contribution in [2.75, 3.05) is 6.54 Å². The Morgan fingerprint density at radius 2 is 1.57 bits per heavy atom. The molecule has 5 heteroatoms. The molecule has 0 saturated carbocycles. The zero-order chi connectivity index (χ0) is 14.8. The molecule has 0 aliphatic rings. The summed E-state index contributed by atoms with van der Waals surface area (Å²) in [6.45, 7) is 2.78. The van der Waals surface area contributed by atoms with E-state index in [0.29, 0.717) is 6.54 Å². The molecular weight excluding hydrogens is 277 g/mol. The number of aromatic carboxylic acids is 1. The van der Waals surface area contributed by atoms with Crippen LogP contribution in [0.1, 0.15) is 66.2 Å². The summed E-state index contributed by atoms with van der Waals surface area (Å²) < 4.78 is 0. The van der Waals surface area contributed by atoms with Crippen LogP contribution in [0.5, 0.6) is 0 Å². The minimum atomic E-state index is -1.07. The van der Waals surface area contributed by atoms with Crippen LogP contribution in [-0.2, 0) is 0 Å². The van der Waals surface area contributed by atoms with Crippen LogP contribution in [0.2, 0.25) is 0 Å². The molecule has 0 saturated heterocycles. The topological polar surface area (TPSA) is 66.4 Å². The Hall–Kier alpha value is -0.840. The minimum absolute atomic E-state index is 0. The maximum absolute atomic E-state index is 11.9. The summed E-state index contributed by atoms with van der Waals surface area (Å²) in [5.74, 6) is -1.38. The fraction of sp³-hybridized carbons (Fsp3) is 0.500. The molecule has 0 spiro atoms. The molecule has 1 rings (SSSR count). The van der Waals surface area contributed by atoms with E-state index in [0.717, 1.165) is 12.8 Å². The van der Waals surface area contributed by atoms with Gasteiger partial charge in [0.05, 0.1) is 11.1 Å². The average molecular weight is 300 g/mol. The van der Waals surface area contributed by atoms with Gasteiger partial charge in [-0.05, 0) is 18.6 Å². The van der Waals surface area contributed by atoms with E-state index in [-0.39, 0.29) is 46.6 Å². The Morgan fingerprint density at radius 3 is 2.19 bits per heavy atom. The second-order valence-corrected chi connectivity index (χ2v) is 4.87. The average Bonchev–Trinajstić information content (AvgIpc) is 2.46. The first-order valence-electron chi connectivity index (χ1n) is 7.27. The molecule has 111 valence electrons. The van der Waals surface area contributed by atoms with Gasteiger partial charge in [-0.1, -0.05) is 51.2 Å². The zero-order valence-corrected chi connectivity index (χ0v) is 15.0. The van der Waals surface area contributed by atoms with E-state index in [4.69, 9.17) is 5.11 Å². The predicted molar refractivity (Wildman–Crippen MR) is 84.9 cm³/mol. The monoisotopic (exact) mass is 300 g/mol. The molecule has 21 heavy (non-hydrogen) atoms. The maximum Gasteiger partial charge on any atom is 0.336 e. The van der Waals surface area contributed by atoms with Gasteiger partial charge in [-0.25, -0.2) is 4.79 Å². The molecule has 0 atom stereocenters. The van der Waals surface area contributed by atoms with Crippen molar-refractivity contribution in [1.82, 2.24) is 5.32 Å². The van der Waals surface area contributed by atoms with E-state index in [1.807, 2.05) is 0 Å². The van der Waals surface area contributed by atoms with Crippen LogP contribution in [-0.4, -0.2) is 53.1 Å². The van der Waals surface area contributed by atoms with Gasteiger partial charge in [0, 0.05) is 36.1 Å². The summed E-state index contributed by atoms with van der Waals surface area (Å²) in [6, 6.07) is 6.28. The molecule has 1 aromatic rings. The second-order valence-electron chi connectivity index (χ2n) is 4.87. The summed E-state index contributed by atoms with van der Waals surface area (Å²) in [5, 5.41) is 11.8. The van der Waals surface area contributed by atoms with E-state index < -0.39 is 5.97 Å². The molecule has 0 aromatic heterocycles. The number of carbonyl (C=O) groups is 2. The number of rotatable bonds is 9. The van der Waals surface area contributed by atoms with Crippen LogP contribution in [0.4, 0.5) is 0 Å². The summed E-state index contributed by atoms with van der Waals surface area (Å²) in [4.78, 5) is 23.0. The summed E-state index contributed by atoms with van der Waals surface area (Å²) >= 11 is 0. The van der Waals surface area contributed by atoms with E-state index in [1.165, 1.54) is 31.7 Å². The SMILES string of the molecule is CCCCCCCCNC(=O)c1ccccc1C(=O)O.[Na]. The van der Waals surface area contributed by atoms with Crippen molar-refractivity contribution in [3.63, 3.8) is 0 Å². The van der Waals surface area contributed by atoms with Crippen molar-refractivity contribution in [2.24, 2.45) is 0 Å². The first kappa shape index (κ1) is 20.2. The van der Waals surface area contributed by atoms with Gasteiger partial charge in [-0.2, -0.15) is 0 Å². The molecule has 0 heterocycles. The maximum atomic E-state index is 11.9. The number of amides is 1. The van der Waals surface area contributed by atoms with Crippen molar-refractivity contribution in [3.8, 4) is 0 Å². The van der Waals surface area contributed by atoms with Crippen molar-refractivity contribution in [1.29, 1.82) is 0 Å². The molecule has 1 radical (unpaired) electrons. The summed E-state index contributed by atoms with van der Waals surface area (Å²) in [5.41, 5.74) is 0.277. The van der Waals surface area contributed by atoms with E-state index >= 15 is 0 Å². The number of hydrogen-bond donors (Lipinski definition) is 2. The van der Waals surface area contributed by atoms with Gasteiger partial charge in [0.2, 0.25) is 0 Å². The first-order valence-corrected chi connectivity index (χ1v) is 7.27. The normalized spacial score (nSPS) is 9.76. The zero-order valence-electron chi connectivity index (χ0n) is 13.0. The Balaban J connectivity index is 0.00000400. The minimum Gasteiger partial charge on any atom is -0.478 e. The van der Waals surface area contributed by atoms with Crippen LogP contribution < -0.4 is 5.32 Å². The largest absolute Gasteiger partial charge is 0.478 e. The van der Waals surface area contributed by atoms with Gasteiger partial charge in [-0.15, -0.1) is 0 Å². The van der Waals surface area contributed by atoms with Crippen LogP contribution in [0.15, 0.2) is 24.3 Å². The van der Waals surface area contributed by atoms with Crippen molar-refractivity contribution < 1.29 is 14.7 Å². The quantitative estimate of drug-likeness (QED) is 0.544. The third-order valence-electron chi connectivity index (χ3n) is 3.22. The van der Waals surface area contributed by atoms with Crippen LogP contribution in [0.3, 0.4) is 0 Å². The predicted octanol–water partition coefficient (Wildman–Crippen LogP) is 3.09. The number of nitrogens with one attached hydrogen (secondary N) is 1. The number of carboxylic acid groups (broad SMARTS) is 1. The van der Waals surface area contributed by atoms with Gasteiger partial charge < -0.3 is 10.4 Å². The molecule has 0 aliphatic carbocycles. The van der Waals surface area contributed by atoms with Crippen LogP contribution in [0, 0.1) is 0 Å². The van der Waals surface area contributed by atoms with Gasteiger partial charge in [0.1, 0.15) is 0 Å². The first-order chi connectivity index (χ1) is 9.66. The van der Waals surface area contributed by atoms with E-state index in [9.17, 15) is 9.59 Å². The van der Waals surface area contributed by atoms with Crippen LogP contribution >= 0.6 is 0 Å². The fourth-order valence-electron chi connectivity index (χ4n) is 2.07. The van der Waals surface area contributed by atoms with Crippen molar-refractivity contribution >= 4 is 41.4 Å². The van der Waals surface area contributed by atoms with Gasteiger partial charge >= 0.3 is 5.97 Å². The second kappa shape index (κ2) is 11.8. The standard InChI is InChI=1S/C16H23NO3.Na/c1-2-3-4-5-6-9-12-17-15(18)13-10-7-8-11-14(13)16(19)20;/h7-8,10-11H,2-6,9,12H2,1H3,(H,17,18)(H,19,20);. The third kappa shape index (κ3) is 7.65.